The van der Waals surface area contributed by atoms with E-state index in [1.165, 1.54) is 7.11 Å². The Morgan fingerprint density at radius 1 is 1.62 bits per heavy atom. The summed E-state index contributed by atoms with van der Waals surface area (Å²) in [5, 5.41) is 21.9. The monoisotopic (exact) mass is 296 g/mol. The third kappa shape index (κ3) is 3.24. The van der Waals surface area contributed by atoms with Crippen LogP contribution < -0.4 is 5.32 Å². The quantitative estimate of drug-likeness (QED) is 0.785. The van der Waals surface area contributed by atoms with Crippen molar-refractivity contribution < 1.29 is 14.6 Å². The van der Waals surface area contributed by atoms with E-state index in [1.807, 2.05) is 13.8 Å². The lowest BCUT2D eigenvalue weighted by molar-refractivity contribution is -0.00714. The van der Waals surface area contributed by atoms with Gasteiger partial charge in [-0.2, -0.15) is 0 Å². The third-order valence-corrected chi connectivity index (χ3v) is 4.26. The Morgan fingerprint density at radius 2 is 2.33 bits per heavy atom. The Labute approximate surface area is 124 Å². The number of carbonyl (C=O) groups excluding carboxylic acids is 1. The van der Waals surface area contributed by atoms with Crippen LogP contribution in [0.2, 0.25) is 0 Å². The topological polar surface area (TPSA) is 89.3 Å². The lowest BCUT2D eigenvalue weighted by Crippen LogP contribution is -2.37. The predicted octanol–water partition coefficient (Wildman–Crippen LogP) is 0.896. The van der Waals surface area contributed by atoms with E-state index in [-0.39, 0.29) is 17.7 Å². The normalized spacial score (nSPS) is 21.5. The summed E-state index contributed by atoms with van der Waals surface area (Å²) in [7, 11) is 1.33. The summed E-state index contributed by atoms with van der Waals surface area (Å²) in [6.45, 7) is 6.86. The van der Waals surface area contributed by atoms with Crippen molar-refractivity contribution in [1.29, 1.82) is 0 Å². The highest BCUT2D eigenvalue weighted by atomic mass is 16.5. The summed E-state index contributed by atoms with van der Waals surface area (Å²) < 4.78 is 6.42. The largest absolute Gasteiger partial charge is 0.464 e. The molecule has 0 bridgehead atoms. The van der Waals surface area contributed by atoms with E-state index < -0.39 is 11.6 Å². The van der Waals surface area contributed by atoms with Crippen LogP contribution >= 0.6 is 0 Å². The Morgan fingerprint density at radius 3 is 2.86 bits per heavy atom. The molecule has 1 saturated heterocycles. The van der Waals surface area contributed by atoms with Gasteiger partial charge in [0.25, 0.3) is 0 Å². The van der Waals surface area contributed by atoms with Gasteiger partial charge >= 0.3 is 5.97 Å². The second-order valence-corrected chi connectivity index (χ2v) is 6.13. The van der Waals surface area contributed by atoms with Crippen molar-refractivity contribution in [1.82, 2.24) is 20.3 Å². The molecule has 118 valence electrons. The Bertz CT molecular complexity index is 504. The number of hydrogen-bond donors (Lipinski definition) is 2. The maximum absolute atomic E-state index is 11.9. The first-order valence-corrected chi connectivity index (χ1v) is 7.34. The molecule has 7 heteroatoms. The second-order valence-electron chi connectivity index (χ2n) is 6.13. The number of methoxy groups -OCH3 is 1. The first kappa shape index (κ1) is 15.9. The average Bonchev–Trinajstić information content (AvgIpc) is 3.05. The molecular formula is C14H24N4O3. The van der Waals surface area contributed by atoms with E-state index in [4.69, 9.17) is 4.74 Å². The van der Waals surface area contributed by atoms with Crippen LogP contribution in [0.5, 0.6) is 0 Å². The van der Waals surface area contributed by atoms with Crippen LogP contribution in [0.1, 0.15) is 55.8 Å². The van der Waals surface area contributed by atoms with Gasteiger partial charge in [-0.15, -0.1) is 5.10 Å². The van der Waals surface area contributed by atoms with E-state index in [9.17, 15) is 9.90 Å². The number of aromatic nitrogens is 3. The highest BCUT2D eigenvalue weighted by Gasteiger charge is 2.33. The van der Waals surface area contributed by atoms with Gasteiger partial charge < -0.3 is 15.2 Å². The van der Waals surface area contributed by atoms with Crippen molar-refractivity contribution >= 4 is 5.97 Å². The van der Waals surface area contributed by atoms with Crippen molar-refractivity contribution in [2.24, 2.45) is 5.92 Å². The molecule has 0 radical (unpaired) electrons. The minimum Gasteiger partial charge on any atom is -0.464 e. The van der Waals surface area contributed by atoms with Crippen LogP contribution in [-0.2, 0) is 11.3 Å². The fraction of sp³-hybridized carbons (Fsp3) is 0.786. The molecule has 21 heavy (non-hydrogen) atoms. The van der Waals surface area contributed by atoms with Crippen molar-refractivity contribution in [3.63, 3.8) is 0 Å². The van der Waals surface area contributed by atoms with Crippen molar-refractivity contribution in [2.75, 3.05) is 13.7 Å². The highest BCUT2D eigenvalue weighted by Crippen LogP contribution is 2.27. The standard InChI is InChI=1S/C14H24N4O3/c1-9(2)14(3,20)8-18-12(10-6-5-7-15-10)11(16-17-18)13(19)21-4/h9-10,15,20H,5-8H2,1-4H3. The molecule has 1 aliphatic rings. The van der Waals surface area contributed by atoms with Gasteiger partial charge in [0.05, 0.1) is 31.0 Å². The molecule has 1 aliphatic heterocycles. The summed E-state index contributed by atoms with van der Waals surface area (Å²) in [5.41, 5.74) is 0.0192. The summed E-state index contributed by atoms with van der Waals surface area (Å²) in [6, 6.07) is 0.0251. The second kappa shape index (κ2) is 6.11. The molecule has 0 amide bonds. The number of hydrogen-bond acceptors (Lipinski definition) is 6. The number of rotatable bonds is 5. The van der Waals surface area contributed by atoms with Crippen LogP contribution in [0, 0.1) is 5.92 Å². The van der Waals surface area contributed by atoms with Gasteiger partial charge in [0.2, 0.25) is 0 Å². The summed E-state index contributed by atoms with van der Waals surface area (Å²) in [4.78, 5) is 11.9. The zero-order chi connectivity index (χ0) is 15.6. The van der Waals surface area contributed by atoms with E-state index in [0.29, 0.717) is 12.2 Å². The Hall–Kier alpha value is -1.47. The van der Waals surface area contributed by atoms with E-state index in [0.717, 1.165) is 19.4 Å². The molecule has 2 unspecified atom stereocenters. The number of aliphatic hydroxyl groups is 1. The molecule has 1 aromatic rings. The van der Waals surface area contributed by atoms with Crippen LogP contribution in [0.15, 0.2) is 0 Å². The molecule has 0 aliphatic carbocycles. The molecule has 1 fully saturated rings. The molecule has 2 rings (SSSR count). The highest BCUT2D eigenvalue weighted by molar-refractivity contribution is 5.88. The molecule has 0 spiro atoms. The van der Waals surface area contributed by atoms with E-state index >= 15 is 0 Å². The molecule has 0 aromatic carbocycles. The van der Waals surface area contributed by atoms with Gasteiger partial charge in [0, 0.05) is 0 Å². The fourth-order valence-corrected chi connectivity index (χ4v) is 2.43. The fourth-order valence-electron chi connectivity index (χ4n) is 2.43. The zero-order valence-electron chi connectivity index (χ0n) is 13.1. The molecule has 7 nitrogen and oxygen atoms in total. The first-order chi connectivity index (χ1) is 9.86. The van der Waals surface area contributed by atoms with Gasteiger partial charge in [-0.25, -0.2) is 9.48 Å². The SMILES string of the molecule is COC(=O)c1nnn(CC(C)(O)C(C)C)c1C1CCCN1. The van der Waals surface area contributed by atoms with Crippen LogP contribution in [-0.4, -0.2) is 45.3 Å². The maximum atomic E-state index is 11.9. The van der Waals surface area contributed by atoms with Gasteiger partial charge in [-0.05, 0) is 32.2 Å². The third-order valence-electron chi connectivity index (χ3n) is 4.26. The lowest BCUT2D eigenvalue weighted by Gasteiger charge is -2.28. The molecule has 2 N–H and O–H groups in total. The number of carbonyl (C=O) groups is 1. The Balaban J connectivity index is 2.37. The smallest absolute Gasteiger partial charge is 0.360 e. The summed E-state index contributed by atoms with van der Waals surface area (Å²) in [5.74, 6) is -0.429. The number of esters is 1. The summed E-state index contributed by atoms with van der Waals surface area (Å²) in [6.07, 6.45) is 1.96. The van der Waals surface area contributed by atoms with Crippen molar-refractivity contribution in [2.45, 2.75) is 51.8 Å². The summed E-state index contributed by atoms with van der Waals surface area (Å²) >= 11 is 0. The zero-order valence-corrected chi connectivity index (χ0v) is 13.1. The lowest BCUT2D eigenvalue weighted by atomic mass is 9.92. The van der Waals surface area contributed by atoms with Crippen LogP contribution in [0.25, 0.3) is 0 Å². The van der Waals surface area contributed by atoms with Gasteiger partial charge in [0.15, 0.2) is 5.69 Å². The van der Waals surface area contributed by atoms with Crippen molar-refractivity contribution in [3.05, 3.63) is 11.4 Å². The molecule has 2 atom stereocenters. The minimum absolute atomic E-state index is 0.0251. The average molecular weight is 296 g/mol. The van der Waals surface area contributed by atoms with Crippen molar-refractivity contribution in [3.8, 4) is 0 Å². The number of nitrogens with one attached hydrogen (secondary N) is 1. The Kier molecular flexibility index (Phi) is 4.63. The number of nitrogens with zero attached hydrogens (tertiary/aromatic N) is 3. The van der Waals surface area contributed by atoms with Crippen LogP contribution in [0.4, 0.5) is 0 Å². The van der Waals surface area contributed by atoms with Gasteiger partial charge in [-0.1, -0.05) is 19.1 Å². The van der Waals surface area contributed by atoms with Crippen LogP contribution in [0.3, 0.4) is 0 Å². The molecular weight excluding hydrogens is 272 g/mol. The molecule has 2 heterocycles. The number of ether oxygens (including phenoxy) is 1. The molecule has 0 saturated carbocycles. The first-order valence-electron chi connectivity index (χ1n) is 7.34. The molecule has 1 aromatic heterocycles. The minimum atomic E-state index is -0.922. The van der Waals surface area contributed by atoms with Gasteiger partial charge in [-0.3, -0.25) is 0 Å². The van der Waals surface area contributed by atoms with E-state index in [2.05, 4.69) is 15.6 Å². The predicted molar refractivity (Wildman–Crippen MR) is 76.8 cm³/mol. The van der Waals surface area contributed by atoms with E-state index in [1.54, 1.807) is 11.6 Å². The maximum Gasteiger partial charge on any atom is 0.360 e. The van der Waals surface area contributed by atoms with Gasteiger partial charge in [0.1, 0.15) is 0 Å².